The smallest absolute Gasteiger partial charge is 0.127 e. The molecule has 2 aromatic rings. The molecule has 0 saturated heterocycles. The van der Waals surface area contributed by atoms with Crippen molar-refractivity contribution in [2.45, 2.75) is 39.2 Å². The van der Waals surface area contributed by atoms with Crippen LogP contribution in [0, 0.1) is 0 Å². The Labute approximate surface area is 121 Å². The summed E-state index contributed by atoms with van der Waals surface area (Å²) in [5.74, 6) is 2.23. The average molecular weight is 269 g/mol. The fourth-order valence-corrected chi connectivity index (χ4v) is 2.09. The minimum absolute atomic E-state index is 0.105. The Morgan fingerprint density at radius 3 is 2.25 bits per heavy atom. The van der Waals surface area contributed by atoms with Gasteiger partial charge >= 0.3 is 0 Å². The minimum Gasteiger partial charge on any atom is -0.457 e. The van der Waals surface area contributed by atoms with E-state index in [1.165, 1.54) is 5.56 Å². The van der Waals surface area contributed by atoms with E-state index in [2.05, 4.69) is 32.9 Å². The van der Waals surface area contributed by atoms with Crippen molar-refractivity contribution in [1.29, 1.82) is 0 Å². The number of hydrogen-bond acceptors (Lipinski definition) is 2. The molecule has 2 N–H and O–H groups in total. The van der Waals surface area contributed by atoms with Gasteiger partial charge in [0, 0.05) is 6.04 Å². The summed E-state index contributed by atoms with van der Waals surface area (Å²) in [6, 6.07) is 16.4. The van der Waals surface area contributed by atoms with Crippen LogP contribution < -0.4 is 10.5 Å². The summed E-state index contributed by atoms with van der Waals surface area (Å²) < 4.78 is 5.90. The van der Waals surface area contributed by atoms with E-state index in [0.717, 1.165) is 23.5 Å². The topological polar surface area (TPSA) is 35.2 Å². The van der Waals surface area contributed by atoms with Crippen molar-refractivity contribution in [1.82, 2.24) is 0 Å². The van der Waals surface area contributed by atoms with E-state index < -0.39 is 0 Å². The lowest BCUT2D eigenvalue weighted by atomic mass is 10.0. The van der Waals surface area contributed by atoms with Crippen molar-refractivity contribution >= 4 is 0 Å². The van der Waals surface area contributed by atoms with Gasteiger partial charge in [0.2, 0.25) is 0 Å². The molecule has 0 bridgehead atoms. The Hall–Kier alpha value is -1.80. The van der Waals surface area contributed by atoms with Gasteiger partial charge in [-0.2, -0.15) is 0 Å². The lowest BCUT2D eigenvalue weighted by Crippen LogP contribution is -2.07. The first-order valence-electron chi connectivity index (χ1n) is 7.23. The van der Waals surface area contributed by atoms with Crippen molar-refractivity contribution in [3.63, 3.8) is 0 Å². The summed E-state index contributed by atoms with van der Waals surface area (Å²) in [6.45, 7) is 6.45. The van der Waals surface area contributed by atoms with Gasteiger partial charge in [0.1, 0.15) is 11.5 Å². The molecule has 0 aliphatic rings. The van der Waals surface area contributed by atoms with Crippen LogP contribution >= 0.6 is 0 Å². The van der Waals surface area contributed by atoms with Crippen molar-refractivity contribution in [2.24, 2.45) is 5.73 Å². The monoisotopic (exact) mass is 269 g/mol. The molecule has 1 atom stereocenters. The second kappa shape index (κ2) is 6.58. The van der Waals surface area contributed by atoms with Crippen LogP contribution in [0.25, 0.3) is 0 Å². The first-order valence-corrected chi connectivity index (χ1v) is 7.23. The van der Waals surface area contributed by atoms with Crippen LogP contribution in [0.3, 0.4) is 0 Å². The predicted molar refractivity (Wildman–Crippen MR) is 84.3 cm³/mol. The summed E-state index contributed by atoms with van der Waals surface area (Å²) in [7, 11) is 0. The maximum Gasteiger partial charge on any atom is 0.127 e. The molecule has 2 heteroatoms. The molecular weight excluding hydrogens is 246 g/mol. The van der Waals surface area contributed by atoms with Crippen LogP contribution in [0.2, 0.25) is 0 Å². The minimum atomic E-state index is 0.105. The molecular formula is C18H23NO. The van der Waals surface area contributed by atoms with Gasteiger partial charge in [-0.3, -0.25) is 0 Å². The summed E-state index contributed by atoms with van der Waals surface area (Å²) in [4.78, 5) is 0. The SMILES string of the molecule is CC[C@@H](N)c1ccc(Oc2cccc(C(C)C)c2)cc1. The van der Waals surface area contributed by atoms with E-state index in [-0.39, 0.29) is 6.04 Å². The van der Waals surface area contributed by atoms with Crippen LogP contribution in [-0.4, -0.2) is 0 Å². The molecule has 0 saturated carbocycles. The van der Waals surface area contributed by atoms with Crippen LogP contribution in [-0.2, 0) is 0 Å². The zero-order chi connectivity index (χ0) is 14.5. The highest BCUT2D eigenvalue weighted by Crippen LogP contribution is 2.26. The molecule has 0 spiro atoms. The first kappa shape index (κ1) is 14.6. The summed E-state index contributed by atoms with van der Waals surface area (Å²) in [6.07, 6.45) is 0.941. The van der Waals surface area contributed by atoms with Gasteiger partial charge in [0.25, 0.3) is 0 Å². The zero-order valence-electron chi connectivity index (χ0n) is 12.5. The second-order valence-corrected chi connectivity index (χ2v) is 5.41. The molecule has 2 nitrogen and oxygen atoms in total. The lowest BCUT2D eigenvalue weighted by molar-refractivity contribution is 0.481. The maximum atomic E-state index is 6.01. The van der Waals surface area contributed by atoms with Crippen LogP contribution in [0.4, 0.5) is 0 Å². The Kier molecular flexibility index (Phi) is 4.80. The summed E-state index contributed by atoms with van der Waals surface area (Å²) in [5, 5.41) is 0. The van der Waals surface area contributed by atoms with Gasteiger partial charge in [0.15, 0.2) is 0 Å². The van der Waals surface area contributed by atoms with Crippen molar-refractivity contribution in [2.75, 3.05) is 0 Å². The Bertz CT molecular complexity index is 546. The Morgan fingerprint density at radius 2 is 1.65 bits per heavy atom. The molecule has 106 valence electrons. The third-order valence-electron chi connectivity index (χ3n) is 3.51. The predicted octanol–water partition coefficient (Wildman–Crippen LogP) is 5.01. The number of benzene rings is 2. The molecule has 0 heterocycles. The number of ether oxygens (including phenoxy) is 1. The number of nitrogens with two attached hydrogens (primary N) is 1. The number of hydrogen-bond donors (Lipinski definition) is 1. The fraction of sp³-hybridized carbons (Fsp3) is 0.333. The maximum absolute atomic E-state index is 6.01. The van der Waals surface area contributed by atoms with E-state index in [1.807, 2.05) is 36.4 Å². The Balaban J connectivity index is 2.12. The molecule has 0 fully saturated rings. The van der Waals surface area contributed by atoms with E-state index in [1.54, 1.807) is 0 Å². The second-order valence-electron chi connectivity index (χ2n) is 5.41. The van der Waals surface area contributed by atoms with Gasteiger partial charge in [-0.05, 0) is 47.7 Å². The molecule has 0 unspecified atom stereocenters. The first-order chi connectivity index (χ1) is 9.60. The molecule has 0 amide bonds. The fourth-order valence-electron chi connectivity index (χ4n) is 2.09. The molecule has 0 aliphatic carbocycles. The third-order valence-corrected chi connectivity index (χ3v) is 3.51. The van der Waals surface area contributed by atoms with Crippen LogP contribution in [0.15, 0.2) is 48.5 Å². The van der Waals surface area contributed by atoms with E-state index >= 15 is 0 Å². The highest BCUT2D eigenvalue weighted by atomic mass is 16.5. The van der Waals surface area contributed by atoms with Crippen LogP contribution in [0.1, 0.15) is 50.3 Å². The largest absolute Gasteiger partial charge is 0.457 e. The normalized spacial score (nSPS) is 12.4. The standard InChI is InChI=1S/C18H23NO/c1-4-18(19)14-8-10-16(11-9-14)20-17-7-5-6-15(12-17)13(2)3/h5-13,18H,4,19H2,1-3H3/t18-/m1/s1. The highest BCUT2D eigenvalue weighted by Gasteiger charge is 2.05. The molecule has 2 aromatic carbocycles. The molecule has 0 aliphatic heterocycles. The quantitative estimate of drug-likeness (QED) is 0.827. The van der Waals surface area contributed by atoms with Gasteiger partial charge in [-0.25, -0.2) is 0 Å². The van der Waals surface area contributed by atoms with Crippen molar-refractivity contribution < 1.29 is 4.74 Å². The zero-order valence-corrected chi connectivity index (χ0v) is 12.5. The average Bonchev–Trinajstić information content (AvgIpc) is 2.47. The van der Waals surface area contributed by atoms with Gasteiger partial charge in [0.05, 0.1) is 0 Å². The Morgan fingerprint density at radius 1 is 0.950 bits per heavy atom. The third kappa shape index (κ3) is 3.61. The van der Waals surface area contributed by atoms with Gasteiger partial charge < -0.3 is 10.5 Å². The summed E-state index contributed by atoms with van der Waals surface area (Å²) >= 11 is 0. The van der Waals surface area contributed by atoms with E-state index in [9.17, 15) is 0 Å². The number of rotatable bonds is 5. The summed E-state index contributed by atoms with van der Waals surface area (Å²) in [5.41, 5.74) is 8.44. The lowest BCUT2D eigenvalue weighted by Gasteiger charge is -2.12. The van der Waals surface area contributed by atoms with E-state index in [0.29, 0.717) is 5.92 Å². The van der Waals surface area contributed by atoms with Crippen molar-refractivity contribution in [3.8, 4) is 11.5 Å². The van der Waals surface area contributed by atoms with Crippen molar-refractivity contribution in [3.05, 3.63) is 59.7 Å². The molecule has 0 aromatic heterocycles. The van der Waals surface area contributed by atoms with Gasteiger partial charge in [-0.1, -0.05) is 45.0 Å². The highest BCUT2D eigenvalue weighted by molar-refractivity contribution is 5.36. The molecule has 0 radical (unpaired) electrons. The molecule has 20 heavy (non-hydrogen) atoms. The van der Waals surface area contributed by atoms with Gasteiger partial charge in [-0.15, -0.1) is 0 Å². The van der Waals surface area contributed by atoms with Crippen LogP contribution in [0.5, 0.6) is 11.5 Å². The molecule has 2 rings (SSSR count). The van der Waals surface area contributed by atoms with E-state index in [4.69, 9.17) is 10.5 Å².